The average Bonchev–Trinajstić information content (AvgIpc) is 2.77. The number of rotatable bonds is 2. The van der Waals surface area contributed by atoms with Crippen molar-refractivity contribution in [2.45, 2.75) is 0 Å². The molecule has 1 aromatic heterocycles. The van der Waals surface area contributed by atoms with E-state index in [1.165, 1.54) is 30.6 Å². The third-order valence-electron chi connectivity index (χ3n) is 2.05. The Morgan fingerprint density at radius 2 is 2.31 bits per heavy atom. The van der Waals surface area contributed by atoms with Crippen LogP contribution < -0.4 is 4.74 Å². The Labute approximate surface area is 95.8 Å². The van der Waals surface area contributed by atoms with Crippen molar-refractivity contribution in [3.8, 4) is 23.1 Å². The molecule has 0 bridgehead atoms. The molecule has 1 heterocycles. The molecule has 0 fully saturated rings. The summed E-state index contributed by atoms with van der Waals surface area (Å²) in [6.45, 7) is 0. The number of ether oxygens (including phenoxy) is 1. The Morgan fingerprint density at radius 3 is 2.88 bits per heavy atom. The van der Waals surface area contributed by atoms with E-state index in [4.69, 9.17) is 10.00 Å². The number of hydrogen-bond donors (Lipinski definition) is 0. The molecule has 0 amide bonds. The Balaban J connectivity index is 2.42. The maximum atomic E-state index is 13.4. The summed E-state index contributed by atoms with van der Waals surface area (Å²) in [7, 11) is 1.41. The van der Waals surface area contributed by atoms with Gasteiger partial charge < -0.3 is 4.74 Å². The van der Waals surface area contributed by atoms with E-state index in [0.29, 0.717) is 16.3 Å². The van der Waals surface area contributed by atoms with Gasteiger partial charge in [-0.2, -0.15) is 5.26 Å². The summed E-state index contributed by atoms with van der Waals surface area (Å²) >= 11 is 1.23. The van der Waals surface area contributed by atoms with Gasteiger partial charge in [0.25, 0.3) is 0 Å². The first-order chi connectivity index (χ1) is 7.74. The van der Waals surface area contributed by atoms with Gasteiger partial charge in [-0.15, -0.1) is 11.3 Å². The molecule has 1 aromatic carbocycles. The van der Waals surface area contributed by atoms with E-state index in [1.807, 2.05) is 6.07 Å². The highest BCUT2D eigenvalue weighted by molar-refractivity contribution is 7.10. The largest absolute Gasteiger partial charge is 0.494 e. The van der Waals surface area contributed by atoms with Gasteiger partial charge in [-0.1, -0.05) is 0 Å². The Kier molecular flexibility index (Phi) is 2.84. The van der Waals surface area contributed by atoms with Crippen molar-refractivity contribution < 1.29 is 9.13 Å². The first kappa shape index (κ1) is 10.6. The standard InChI is InChI=1S/C11H7FN2OS/c1-15-10-3-2-7(4-8(10)12)9-6-16-11(5-13)14-9/h2-4,6H,1H3. The molecular formula is C11H7FN2OS. The number of methoxy groups -OCH3 is 1. The van der Waals surface area contributed by atoms with E-state index in [-0.39, 0.29) is 5.75 Å². The summed E-state index contributed by atoms with van der Waals surface area (Å²) in [6.07, 6.45) is 0. The zero-order valence-electron chi connectivity index (χ0n) is 8.40. The molecule has 5 heteroatoms. The number of nitrogens with zero attached hydrogens (tertiary/aromatic N) is 2. The van der Waals surface area contributed by atoms with E-state index >= 15 is 0 Å². The normalized spacial score (nSPS) is 9.81. The lowest BCUT2D eigenvalue weighted by Crippen LogP contribution is -1.88. The second kappa shape index (κ2) is 4.29. The molecule has 80 valence electrons. The van der Waals surface area contributed by atoms with Crippen molar-refractivity contribution in [2.24, 2.45) is 0 Å². The van der Waals surface area contributed by atoms with Crippen molar-refractivity contribution in [1.29, 1.82) is 5.26 Å². The summed E-state index contributed by atoms with van der Waals surface area (Å²) in [5, 5.41) is 10.7. The zero-order chi connectivity index (χ0) is 11.5. The van der Waals surface area contributed by atoms with E-state index in [1.54, 1.807) is 11.4 Å². The SMILES string of the molecule is COc1ccc(-c2csc(C#N)n2)cc1F. The molecule has 0 radical (unpaired) electrons. The molecule has 2 rings (SSSR count). The Bertz CT molecular complexity index is 559. The van der Waals surface area contributed by atoms with Crippen LogP contribution in [0.1, 0.15) is 5.01 Å². The van der Waals surface area contributed by atoms with Gasteiger partial charge in [0.15, 0.2) is 16.6 Å². The average molecular weight is 234 g/mol. The smallest absolute Gasteiger partial charge is 0.194 e. The fourth-order valence-corrected chi connectivity index (χ4v) is 1.90. The molecule has 0 spiro atoms. The van der Waals surface area contributed by atoms with E-state index in [9.17, 15) is 4.39 Å². The van der Waals surface area contributed by atoms with Gasteiger partial charge in [-0.25, -0.2) is 9.37 Å². The molecule has 0 atom stereocenters. The summed E-state index contributed by atoms with van der Waals surface area (Å²) < 4.78 is 18.2. The van der Waals surface area contributed by atoms with Crippen LogP contribution in [0.4, 0.5) is 4.39 Å². The lowest BCUT2D eigenvalue weighted by Gasteiger charge is -2.02. The second-order valence-electron chi connectivity index (χ2n) is 3.00. The quantitative estimate of drug-likeness (QED) is 0.802. The first-order valence-corrected chi connectivity index (χ1v) is 5.32. The monoisotopic (exact) mass is 234 g/mol. The lowest BCUT2D eigenvalue weighted by molar-refractivity contribution is 0.386. The highest BCUT2D eigenvalue weighted by atomic mass is 32.1. The van der Waals surface area contributed by atoms with Gasteiger partial charge in [0, 0.05) is 10.9 Å². The van der Waals surface area contributed by atoms with Crippen molar-refractivity contribution in [3.05, 3.63) is 34.4 Å². The van der Waals surface area contributed by atoms with E-state index in [2.05, 4.69) is 4.98 Å². The minimum absolute atomic E-state index is 0.194. The maximum absolute atomic E-state index is 13.4. The van der Waals surface area contributed by atoms with Crippen LogP contribution in [0.5, 0.6) is 5.75 Å². The van der Waals surface area contributed by atoms with Crippen LogP contribution in [0, 0.1) is 17.1 Å². The van der Waals surface area contributed by atoms with Crippen LogP contribution in [0.15, 0.2) is 23.6 Å². The number of halogens is 1. The minimum Gasteiger partial charge on any atom is -0.494 e. The van der Waals surface area contributed by atoms with Crippen molar-refractivity contribution >= 4 is 11.3 Å². The summed E-state index contributed by atoms with van der Waals surface area (Å²) in [5.74, 6) is -0.244. The molecule has 2 aromatic rings. The summed E-state index contributed by atoms with van der Waals surface area (Å²) in [6, 6.07) is 6.53. The van der Waals surface area contributed by atoms with Crippen molar-refractivity contribution in [3.63, 3.8) is 0 Å². The highest BCUT2D eigenvalue weighted by Gasteiger charge is 2.08. The van der Waals surface area contributed by atoms with Gasteiger partial charge in [-0.05, 0) is 18.2 Å². The molecule has 0 aliphatic heterocycles. The van der Waals surface area contributed by atoms with Gasteiger partial charge in [0.1, 0.15) is 6.07 Å². The molecule has 3 nitrogen and oxygen atoms in total. The molecular weight excluding hydrogens is 227 g/mol. The van der Waals surface area contributed by atoms with Gasteiger partial charge >= 0.3 is 0 Å². The van der Waals surface area contributed by atoms with Crippen LogP contribution in [-0.4, -0.2) is 12.1 Å². The molecule has 0 aliphatic carbocycles. The van der Waals surface area contributed by atoms with Crippen LogP contribution in [0.3, 0.4) is 0 Å². The van der Waals surface area contributed by atoms with Gasteiger partial charge in [-0.3, -0.25) is 0 Å². The Morgan fingerprint density at radius 1 is 1.50 bits per heavy atom. The minimum atomic E-state index is -0.438. The molecule has 0 unspecified atom stereocenters. The fourth-order valence-electron chi connectivity index (χ4n) is 1.28. The molecule has 0 N–H and O–H groups in total. The first-order valence-electron chi connectivity index (χ1n) is 4.44. The Hall–Kier alpha value is -1.93. The number of aromatic nitrogens is 1. The molecule has 0 saturated carbocycles. The van der Waals surface area contributed by atoms with Crippen molar-refractivity contribution in [1.82, 2.24) is 4.98 Å². The molecule has 0 aliphatic rings. The van der Waals surface area contributed by atoms with Crippen LogP contribution in [0.2, 0.25) is 0 Å². The predicted octanol–water partition coefficient (Wildman–Crippen LogP) is 2.83. The zero-order valence-corrected chi connectivity index (χ0v) is 9.21. The van der Waals surface area contributed by atoms with E-state index in [0.717, 1.165) is 0 Å². The number of thiazole rings is 1. The van der Waals surface area contributed by atoms with Gasteiger partial charge in [0.05, 0.1) is 12.8 Å². The second-order valence-corrected chi connectivity index (χ2v) is 3.86. The fraction of sp³-hybridized carbons (Fsp3) is 0.0909. The van der Waals surface area contributed by atoms with Crippen molar-refractivity contribution in [2.75, 3.05) is 7.11 Å². The number of hydrogen-bond acceptors (Lipinski definition) is 4. The third-order valence-corrected chi connectivity index (χ3v) is 2.79. The number of benzene rings is 1. The molecule has 16 heavy (non-hydrogen) atoms. The topological polar surface area (TPSA) is 45.9 Å². The highest BCUT2D eigenvalue weighted by Crippen LogP contribution is 2.26. The lowest BCUT2D eigenvalue weighted by atomic mass is 10.1. The predicted molar refractivity (Wildman–Crippen MR) is 58.8 cm³/mol. The summed E-state index contributed by atoms with van der Waals surface area (Å²) in [4.78, 5) is 4.05. The summed E-state index contributed by atoms with van der Waals surface area (Å²) in [5.41, 5.74) is 1.24. The molecule has 0 saturated heterocycles. The van der Waals surface area contributed by atoms with Gasteiger partial charge in [0.2, 0.25) is 0 Å². The van der Waals surface area contributed by atoms with Crippen LogP contribution >= 0.6 is 11.3 Å². The van der Waals surface area contributed by atoms with Crippen LogP contribution in [-0.2, 0) is 0 Å². The van der Waals surface area contributed by atoms with E-state index < -0.39 is 5.82 Å². The third kappa shape index (κ3) is 1.88. The number of nitriles is 1. The van der Waals surface area contributed by atoms with Crippen LogP contribution in [0.25, 0.3) is 11.3 Å². The maximum Gasteiger partial charge on any atom is 0.194 e.